The van der Waals surface area contributed by atoms with E-state index in [0.717, 1.165) is 65.0 Å². The molecule has 2 saturated heterocycles. The summed E-state index contributed by atoms with van der Waals surface area (Å²) < 4.78 is 60.1. The SMILES string of the molecule is C[C@H](CCCCNC(=O)CCOCCOCCn1cc(COCCOCCS[C@]2(C(=O)O)C[C@H](O)[C@@H](NC(=O)CO)[C@H]([C@H](O)[C@H](O)CNC(=O)Cc3ccc(-c4ccccc4)cc3)O2)nn1)NC(=O)CCCNC(=O)CCOCCOCCn1cc(COCCOCCS[C@]2(C(=O)O)C[C@H](O)[C@@H](NC(=O)CO)[C@H]([C@H](O)[C@H](O)CNC(=O)Cc3ccc(-c4ccccc4)cc3)O2)nn1. The van der Waals surface area contributed by atoms with Gasteiger partial charge in [0, 0.05) is 75.8 Å². The van der Waals surface area contributed by atoms with Crippen molar-refractivity contribution in [3.63, 3.8) is 0 Å². The Morgan fingerprint density at radius 1 is 0.447 bits per heavy atom. The van der Waals surface area contributed by atoms with Gasteiger partial charge in [-0.25, -0.2) is 19.0 Å². The Balaban J connectivity index is 0.556. The molecule has 0 spiro atoms. The van der Waals surface area contributed by atoms with Gasteiger partial charge in [-0.3, -0.25) is 33.6 Å². The van der Waals surface area contributed by atoms with Crippen LogP contribution >= 0.6 is 23.5 Å². The predicted octanol–water partition coefficient (Wildman–Crippen LogP) is -1.05. The molecule has 132 heavy (non-hydrogen) atoms. The molecule has 13 atom stereocenters. The number of ether oxygens (including phenoxy) is 10. The number of carboxylic acid groups (broad SMARTS) is 2. The molecule has 2 fully saturated rings. The molecule has 7 amide bonds. The molecular weight excluding hydrogens is 1770 g/mol. The summed E-state index contributed by atoms with van der Waals surface area (Å²) in [5.41, 5.74) is 6.38. The average molecular weight is 1890 g/mol. The number of amides is 7. The van der Waals surface area contributed by atoms with E-state index in [2.05, 4.69) is 57.8 Å². The predicted molar refractivity (Wildman–Crippen MR) is 476 cm³/mol. The fourth-order valence-electron chi connectivity index (χ4n) is 13.9. The van der Waals surface area contributed by atoms with E-state index in [4.69, 9.17) is 47.4 Å². The fraction of sp³-hybridized carbons (Fsp3) is 0.580. The number of hydrogen-bond donors (Lipinski definition) is 17. The summed E-state index contributed by atoms with van der Waals surface area (Å²) in [5, 5.41) is 142. The first-order valence-electron chi connectivity index (χ1n) is 43.8. The zero-order chi connectivity index (χ0) is 94.9. The number of carboxylic acids is 2. The first-order valence-corrected chi connectivity index (χ1v) is 45.8. The van der Waals surface area contributed by atoms with Crippen LogP contribution in [0.15, 0.2) is 122 Å². The minimum Gasteiger partial charge on any atom is -0.478 e. The van der Waals surface area contributed by atoms with Crippen molar-refractivity contribution in [2.24, 2.45) is 0 Å². The summed E-state index contributed by atoms with van der Waals surface area (Å²) in [4.78, 5) is 109. The Morgan fingerprint density at radius 2 is 0.826 bits per heavy atom. The molecule has 0 bridgehead atoms. The molecule has 42 nitrogen and oxygen atoms in total. The number of benzene rings is 4. The summed E-state index contributed by atoms with van der Waals surface area (Å²) in [6.07, 6.45) is -8.60. The number of thioether (sulfide) groups is 2. The van der Waals surface area contributed by atoms with Gasteiger partial charge in [-0.1, -0.05) is 120 Å². The van der Waals surface area contributed by atoms with Crippen LogP contribution in [0.4, 0.5) is 0 Å². The minimum absolute atomic E-state index is 0.0147. The van der Waals surface area contributed by atoms with E-state index in [0.29, 0.717) is 74.9 Å². The normalized spacial score (nSPS) is 19.5. The average Bonchev–Trinajstić information content (AvgIpc) is 0.842. The fourth-order valence-corrected chi connectivity index (χ4v) is 16.2. The van der Waals surface area contributed by atoms with Crippen molar-refractivity contribution in [3.05, 3.63) is 144 Å². The Morgan fingerprint density at radius 3 is 1.23 bits per heavy atom. The number of carbonyl (C=O) groups is 9. The number of hydrogen-bond acceptors (Lipinski definition) is 33. The smallest absolute Gasteiger partial charge is 0.346 e. The Hall–Kier alpha value is -9.63. The van der Waals surface area contributed by atoms with Crippen LogP contribution in [0.1, 0.15) is 87.2 Å². The van der Waals surface area contributed by atoms with Gasteiger partial charge in [-0.15, -0.1) is 33.7 Å². The van der Waals surface area contributed by atoms with Crippen molar-refractivity contribution >= 4 is 76.8 Å². The van der Waals surface area contributed by atoms with E-state index in [-0.39, 0.29) is 153 Å². The second-order valence-electron chi connectivity index (χ2n) is 31.2. The van der Waals surface area contributed by atoms with Crippen molar-refractivity contribution in [1.82, 2.24) is 67.2 Å². The van der Waals surface area contributed by atoms with Gasteiger partial charge in [0.05, 0.1) is 181 Å². The van der Waals surface area contributed by atoms with E-state index >= 15 is 0 Å². The van der Waals surface area contributed by atoms with Crippen LogP contribution in [-0.4, -0.2) is 355 Å². The summed E-state index contributed by atoms with van der Waals surface area (Å²) >= 11 is 1.53. The number of nitrogens with one attached hydrogen (secondary N) is 7. The third-order valence-corrected chi connectivity index (χ3v) is 23.5. The molecule has 4 heterocycles. The van der Waals surface area contributed by atoms with Crippen molar-refractivity contribution in [2.75, 3.05) is 143 Å². The lowest BCUT2D eigenvalue weighted by Gasteiger charge is -2.46. The summed E-state index contributed by atoms with van der Waals surface area (Å²) in [6, 6.07) is 31.0. The number of unbranched alkanes of at least 4 members (excludes halogenated alkanes) is 1. The number of carbonyl (C=O) groups excluding carboxylic acids is 7. The van der Waals surface area contributed by atoms with Gasteiger partial charge < -0.3 is 136 Å². The van der Waals surface area contributed by atoms with Gasteiger partial charge in [0.25, 0.3) is 0 Å². The maximum absolute atomic E-state index is 12.9. The van der Waals surface area contributed by atoms with Gasteiger partial charge in [0.15, 0.2) is 0 Å². The highest BCUT2D eigenvalue weighted by Gasteiger charge is 2.57. The van der Waals surface area contributed by atoms with E-state index in [1.54, 1.807) is 46.0 Å². The first kappa shape index (κ1) is 108. The lowest BCUT2D eigenvalue weighted by atomic mass is 9.89. The quantitative estimate of drug-likeness (QED) is 0.0203. The molecule has 6 aromatic rings. The number of aliphatic hydroxyl groups is 8. The lowest BCUT2D eigenvalue weighted by Crippen LogP contribution is -2.67. The van der Waals surface area contributed by atoms with E-state index in [9.17, 15) is 94.2 Å². The van der Waals surface area contributed by atoms with Crippen molar-refractivity contribution in [1.29, 1.82) is 0 Å². The molecule has 2 aliphatic rings. The topological polar surface area (TPSA) is 594 Å². The van der Waals surface area contributed by atoms with Crippen LogP contribution in [0.25, 0.3) is 22.3 Å². The van der Waals surface area contributed by atoms with Crippen LogP contribution in [-0.2, 0) is 130 Å². The minimum atomic E-state index is -2.17. The highest BCUT2D eigenvalue weighted by atomic mass is 32.2. The maximum Gasteiger partial charge on any atom is 0.346 e. The summed E-state index contributed by atoms with van der Waals surface area (Å²) in [7, 11) is 0. The van der Waals surface area contributed by atoms with E-state index in [1.807, 2.05) is 91.9 Å². The number of rotatable bonds is 66. The number of aromatic nitrogens is 6. The van der Waals surface area contributed by atoms with Crippen LogP contribution in [0.5, 0.6) is 0 Å². The summed E-state index contributed by atoms with van der Waals surface area (Å²) in [5.74, 6) is -6.29. The largest absolute Gasteiger partial charge is 0.478 e. The zero-order valence-electron chi connectivity index (χ0n) is 73.8. The molecule has 44 heteroatoms. The third-order valence-electron chi connectivity index (χ3n) is 20.9. The molecule has 0 saturated carbocycles. The van der Waals surface area contributed by atoms with Crippen LogP contribution < -0.4 is 37.2 Å². The molecule has 4 aromatic carbocycles. The molecule has 0 aliphatic carbocycles. The van der Waals surface area contributed by atoms with Gasteiger partial charge >= 0.3 is 11.9 Å². The van der Waals surface area contributed by atoms with E-state index in [1.165, 1.54) is 0 Å². The highest BCUT2D eigenvalue weighted by molar-refractivity contribution is 8.01. The third kappa shape index (κ3) is 38.4. The second kappa shape index (κ2) is 59.2. The number of nitrogens with zero attached hydrogens (tertiary/aromatic N) is 6. The maximum atomic E-state index is 12.9. The van der Waals surface area contributed by atoms with Crippen molar-refractivity contribution < 1.29 is 142 Å². The molecule has 17 N–H and O–H groups in total. The lowest BCUT2D eigenvalue weighted by molar-refractivity contribution is -0.203. The molecule has 2 aromatic heterocycles. The second-order valence-corrected chi connectivity index (χ2v) is 33.9. The molecule has 8 rings (SSSR count). The first-order chi connectivity index (χ1) is 63.8. The zero-order valence-corrected chi connectivity index (χ0v) is 75.4. The van der Waals surface area contributed by atoms with Crippen LogP contribution in [0.3, 0.4) is 0 Å². The van der Waals surface area contributed by atoms with E-state index < -0.39 is 145 Å². The number of aliphatic hydroxyl groups excluding tert-OH is 8. The van der Waals surface area contributed by atoms with Gasteiger partial charge in [-0.05, 0) is 66.0 Å². The van der Waals surface area contributed by atoms with Crippen molar-refractivity contribution in [3.8, 4) is 22.3 Å². The van der Waals surface area contributed by atoms with Crippen LogP contribution in [0, 0.1) is 0 Å². The van der Waals surface area contributed by atoms with Crippen LogP contribution in [0.2, 0.25) is 0 Å². The summed E-state index contributed by atoms with van der Waals surface area (Å²) in [6.45, 7) is 3.45. The van der Waals surface area contributed by atoms with Crippen molar-refractivity contribution in [2.45, 2.75) is 181 Å². The molecule has 2 aliphatic heterocycles. The Bertz CT molecular complexity index is 4420. The highest BCUT2D eigenvalue weighted by Crippen LogP contribution is 2.42. The Labute approximate surface area is 772 Å². The molecule has 0 radical (unpaired) electrons. The van der Waals surface area contributed by atoms with Gasteiger partial charge in [0.2, 0.25) is 51.2 Å². The molecule has 728 valence electrons. The van der Waals surface area contributed by atoms with Gasteiger partial charge in [-0.2, -0.15) is 0 Å². The Kier molecular flexibility index (Phi) is 48.3. The molecule has 0 unspecified atom stereocenters. The number of aliphatic carboxylic acids is 2. The monoisotopic (exact) mass is 1890 g/mol. The van der Waals surface area contributed by atoms with Gasteiger partial charge in [0.1, 0.15) is 49.0 Å². The standard InChI is InChI=1S/C88H125N13O29S2/c1-59(11-8-9-27-89-72(108)25-31-121-35-37-123-33-29-100-53-66(96-98-100)57-127-41-39-125-43-45-131-87(85(117)118)49-68(104)79(94-77(113)55-102)83(129-87)81(115)70(106)51-91-75(111)47-60-17-21-64(22-18-60)62-12-4-2-5-13-62)93-74(110)16-10-28-90-73(109)26-32-122-36-38-124-34-30-101-54-67(97-99-101)58-128-42-40-126-44-46-132-88(86(119)120)50-69(105)80(95-78(114)56-103)84(130-88)82(116)71(107)52-92-76(112)48-61-19-23-65(24-20-61)63-14-6-3-7-15-63/h2-7,12-15,17-24,53-54,59,68-71,79-84,102-107,115-116H,8-11,16,25-52,55-58H2,1H3,(H,89,108)(H,90,109)(H,91,111)(H,92,112)(H,93,110)(H,94,113)(H,95,114)(H,117,118)(H,119,120)/t59-,68+,69+,70-,71-,79-,80-,81-,82-,83-,84-,87+,88+/m1/s1. The molecular formula is C88H125N13O29S2.